The second kappa shape index (κ2) is 6.33. The molecule has 2 N–H and O–H groups in total. The van der Waals surface area contributed by atoms with Gasteiger partial charge in [0, 0.05) is 21.1 Å². The second-order valence-corrected chi connectivity index (χ2v) is 6.48. The molecule has 0 aliphatic carbocycles. The van der Waals surface area contributed by atoms with E-state index in [1.54, 1.807) is 12.1 Å². The Morgan fingerprint density at radius 3 is 2.72 bits per heavy atom. The first-order valence-electron chi connectivity index (χ1n) is 7.80. The number of benzene rings is 2. The van der Waals surface area contributed by atoms with Gasteiger partial charge in [-0.3, -0.25) is 0 Å². The molecule has 0 saturated carbocycles. The maximum Gasteiger partial charge on any atom is 0.320 e. The first-order chi connectivity index (χ1) is 12.1. The lowest BCUT2D eigenvalue weighted by molar-refractivity contribution is 0.585. The van der Waals surface area contributed by atoms with E-state index in [2.05, 4.69) is 49.4 Å². The smallest absolute Gasteiger partial charge is 0.320 e. The Morgan fingerprint density at radius 1 is 1.16 bits per heavy atom. The summed E-state index contributed by atoms with van der Waals surface area (Å²) in [5.74, 6) is 0.113. The van der Waals surface area contributed by atoms with E-state index in [0.29, 0.717) is 11.6 Å². The summed E-state index contributed by atoms with van der Waals surface area (Å²) < 4.78 is 19.7. The summed E-state index contributed by atoms with van der Waals surface area (Å²) in [4.78, 5) is 3.35. The molecule has 0 aliphatic rings. The Kier molecular flexibility index (Phi) is 4.01. The molecule has 4 rings (SSSR count). The van der Waals surface area contributed by atoms with Gasteiger partial charge in [-0.15, -0.1) is 5.10 Å². The van der Waals surface area contributed by atoms with E-state index in [1.165, 1.54) is 12.1 Å². The number of fused-ring (bicyclic) bond motifs is 1. The monoisotopic (exact) mass is 400 g/mol. The number of hydrogen-bond donors (Lipinski definition) is 2. The van der Waals surface area contributed by atoms with Crippen LogP contribution in [0.1, 0.15) is 12.5 Å². The maximum absolute atomic E-state index is 13.0. The molecule has 25 heavy (non-hydrogen) atoms. The molecule has 0 atom stereocenters. The van der Waals surface area contributed by atoms with Gasteiger partial charge in [-0.1, -0.05) is 28.0 Å². The highest BCUT2D eigenvalue weighted by molar-refractivity contribution is 9.10. The third-order valence-corrected chi connectivity index (χ3v) is 4.45. The molecule has 0 radical (unpaired) electrons. The number of aromatic amines is 1. The van der Waals surface area contributed by atoms with Crippen LogP contribution < -0.4 is 5.32 Å². The fourth-order valence-corrected chi connectivity index (χ4v) is 3.16. The largest absolute Gasteiger partial charge is 0.402 e. The van der Waals surface area contributed by atoms with Crippen molar-refractivity contribution in [2.24, 2.45) is 0 Å². The summed E-state index contributed by atoms with van der Waals surface area (Å²) >= 11 is 3.51. The molecule has 4 aromatic rings. The Bertz CT molecular complexity index is 1040. The van der Waals surface area contributed by atoms with Crippen LogP contribution in [0.2, 0.25) is 0 Å². The van der Waals surface area contributed by atoms with Crippen LogP contribution in [0.15, 0.2) is 51.4 Å². The maximum atomic E-state index is 13.0. The third-order valence-electron chi connectivity index (χ3n) is 3.96. The van der Waals surface area contributed by atoms with Crippen molar-refractivity contribution in [1.82, 2.24) is 15.2 Å². The quantitative estimate of drug-likeness (QED) is 0.479. The number of halogens is 2. The van der Waals surface area contributed by atoms with Gasteiger partial charge in [0.2, 0.25) is 0 Å². The lowest BCUT2D eigenvalue weighted by atomic mass is 10.1. The first kappa shape index (κ1) is 15.8. The van der Waals surface area contributed by atoms with Crippen molar-refractivity contribution in [1.29, 1.82) is 0 Å². The van der Waals surface area contributed by atoms with Gasteiger partial charge in [-0.25, -0.2) is 4.39 Å². The Hall–Kier alpha value is -2.67. The van der Waals surface area contributed by atoms with E-state index in [4.69, 9.17) is 4.42 Å². The number of anilines is 2. The van der Waals surface area contributed by atoms with E-state index in [1.807, 2.05) is 12.1 Å². The summed E-state index contributed by atoms with van der Waals surface area (Å²) in [6.45, 7) is 2.08. The summed E-state index contributed by atoms with van der Waals surface area (Å²) in [6.07, 6.45) is 0.828. The van der Waals surface area contributed by atoms with Crippen LogP contribution in [0.25, 0.3) is 22.5 Å². The summed E-state index contributed by atoms with van der Waals surface area (Å²) in [5, 5.41) is 12.2. The van der Waals surface area contributed by atoms with Gasteiger partial charge in [0.15, 0.2) is 0 Å². The fourth-order valence-electron chi connectivity index (χ4n) is 2.80. The molecule has 2 heterocycles. The summed E-state index contributed by atoms with van der Waals surface area (Å²) in [5.41, 5.74) is 3.62. The zero-order chi connectivity index (χ0) is 17.4. The molecule has 0 unspecified atom stereocenters. The van der Waals surface area contributed by atoms with Crippen LogP contribution in [0.3, 0.4) is 0 Å². The number of hydrogen-bond acceptors (Lipinski definition) is 4. The minimum absolute atomic E-state index is 0.253. The highest BCUT2D eigenvalue weighted by Gasteiger charge is 2.17. The predicted octanol–water partition coefficient (Wildman–Crippen LogP) is 5.43. The minimum atomic E-state index is -0.298. The Labute approximate surface area is 151 Å². The SMILES string of the molecule is CCc1c(-c2nnc(Nc3ccc(F)cc3)o2)[nH]c2ccc(Br)cc12. The molecule has 0 fully saturated rings. The van der Waals surface area contributed by atoms with Gasteiger partial charge >= 0.3 is 6.01 Å². The number of aryl methyl sites for hydroxylation is 1. The topological polar surface area (TPSA) is 66.7 Å². The van der Waals surface area contributed by atoms with Crippen LogP contribution >= 0.6 is 15.9 Å². The number of aromatic nitrogens is 3. The summed E-state index contributed by atoms with van der Waals surface area (Å²) in [7, 11) is 0. The molecule has 0 bridgehead atoms. The van der Waals surface area contributed by atoms with Crippen LogP contribution in [0, 0.1) is 5.82 Å². The summed E-state index contributed by atoms with van der Waals surface area (Å²) in [6, 6.07) is 12.3. The molecule has 0 saturated heterocycles. The van der Waals surface area contributed by atoms with Crippen molar-refractivity contribution in [3.63, 3.8) is 0 Å². The van der Waals surface area contributed by atoms with Gasteiger partial charge in [0.25, 0.3) is 5.89 Å². The van der Waals surface area contributed by atoms with E-state index < -0.39 is 0 Å². The number of nitrogens with zero attached hydrogens (tertiary/aromatic N) is 2. The lowest BCUT2D eigenvalue weighted by Crippen LogP contribution is -1.90. The highest BCUT2D eigenvalue weighted by Crippen LogP contribution is 2.32. The molecule has 0 amide bonds. The van der Waals surface area contributed by atoms with E-state index in [0.717, 1.165) is 33.1 Å². The molecule has 0 aliphatic heterocycles. The van der Waals surface area contributed by atoms with E-state index in [-0.39, 0.29) is 11.8 Å². The van der Waals surface area contributed by atoms with Crippen molar-refractivity contribution in [3.8, 4) is 11.6 Å². The lowest BCUT2D eigenvalue weighted by Gasteiger charge is -2.00. The molecular weight excluding hydrogens is 387 g/mol. The molecule has 126 valence electrons. The number of rotatable bonds is 4. The second-order valence-electron chi connectivity index (χ2n) is 5.57. The van der Waals surface area contributed by atoms with E-state index in [9.17, 15) is 4.39 Å². The van der Waals surface area contributed by atoms with Crippen molar-refractivity contribution >= 4 is 38.5 Å². The number of H-pyrrole nitrogens is 1. The molecule has 2 aromatic heterocycles. The molecular formula is C18H14BrFN4O. The van der Waals surface area contributed by atoms with Gasteiger partial charge < -0.3 is 14.7 Å². The van der Waals surface area contributed by atoms with E-state index >= 15 is 0 Å². The zero-order valence-electron chi connectivity index (χ0n) is 13.3. The van der Waals surface area contributed by atoms with Gasteiger partial charge in [0.05, 0.1) is 0 Å². The highest BCUT2D eigenvalue weighted by atomic mass is 79.9. The standard InChI is InChI=1S/C18H14BrFN4O/c1-2-13-14-9-10(19)3-8-15(14)22-16(13)17-23-24-18(25-17)21-12-6-4-11(20)5-7-12/h3-9,22H,2H2,1H3,(H,21,24). The van der Waals surface area contributed by atoms with Crippen molar-refractivity contribution in [2.45, 2.75) is 13.3 Å². The molecule has 5 nitrogen and oxygen atoms in total. The normalized spacial score (nSPS) is 11.2. The molecule has 2 aromatic carbocycles. The van der Waals surface area contributed by atoms with Crippen LogP contribution in [-0.2, 0) is 6.42 Å². The predicted molar refractivity (Wildman–Crippen MR) is 98.4 cm³/mol. The van der Waals surface area contributed by atoms with Gasteiger partial charge in [-0.05, 0) is 54.4 Å². The van der Waals surface area contributed by atoms with Crippen LogP contribution in [0.4, 0.5) is 16.1 Å². The zero-order valence-corrected chi connectivity index (χ0v) is 14.9. The fraction of sp³-hybridized carbons (Fsp3) is 0.111. The molecule has 0 spiro atoms. The van der Waals surface area contributed by atoms with Crippen LogP contribution in [0.5, 0.6) is 0 Å². The van der Waals surface area contributed by atoms with Gasteiger partial charge in [0.1, 0.15) is 11.5 Å². The van der Waals surface area contributed by atoms with Gasteiger partial charge in [-0.2, -0.15) is 0 Å². The Balaban J connectivity index is 1.70. The minimum Gasteiger partial charge on any atom is -0.402 e. The first-order valence-corrected chi connectivity index (χ1v) is 8.60. The number of nitrogens with one attached hydrogen (secondary N) is 2. The third kappa shape index (κ3) is 3.02. The Morgan fingerprint density at radius 2 is 1.96 bits per heavy atom. The van der Waals surface area contributed by atoms with Crippen molar-refractivity contribution < 1.29 is 8.81 Å². The van der Waals surface area contributed by atoms with Crippen molar-refractivity contribution in [2.75, 3.05) is 5.32 Å². The average Bonchev–Trinajstić information content (AvgIpc) is 3.20. The molecule has 7 heteroatoms. The van der Waals surface area contributed by atoms with Crippen molar-refractivity contribution in [3.05, 3.63) is 58.3 Å². The average molecular weight is 401 g/mol. The van der Waals surface area contributed by atoms with Crippen LogP contribution in [-0.4, -0.2) is 15.2 Å².